The van der Waals surface area contributed by atoms with Crippen molar-refractivity contribution in [3.05, 3.63) is 36.0 Å². The molecule has 0 bridgehead atoms. The van der Waals surface area contributed by atoms with Crippen LogP contribution in [-0.4, -0.2) is 20.7 Å². The van der Waals surface area contributed by atoms with E-state index in [1.54, 1.807) is 24.6 Å². The monoisotopic (exact) mass is 221 g/mol. The molecule has 1 aliphatic rings. The van der Waals surface area contributed by atoms with Crippen molar-refractivity contribution < 1.29 is 9.53 Å². The second-order valence-corrected chi connectivity index (χ2v) is 10.4. The Kier molecular flexibility index (Phi) is 4.12. The molecule has 0 atom stereocenters. The molecule has 0 saturated heterocycles. The molecule has 0 unspecified atom stereocenters. The van der Waals surface area contributed by atoms with Crippen molar-refractivity contribution in [3.63, 3.8) is 0 Å². The SMILES string of the molecule is C[Si](C)(C)CCOC(=O)C1=CC=C=C[CH]1. The standard InChI is InChI=1S/C12H17O2Si/c1-15(2,3)10-9-14-12(13)11-7-5-4-6-8-11/h5-8H,9-10H2,1-3H3. The fourth-order valence-electron chi connectivity index (χ4n) is 1.06. The van der Waals surface area contributed by atoms with Crippen LogP contribution in [0.1, 0.15) is 0 Å². The Morgan fingerprint density at radius 1 is 1.40 bits per heavy atom. The summed E-state index contributed by atoms with van der Waals surface area (Å²) in [6.07, 6.45) is 6.87. The van der Waals surface area contributed by atoms with Gasteiger partial charge in [-0.1, -0.05) is 19.6 Å². The molecule has 0 aromatic rings. The predicted molar refractivity (Wildman–Crippen MR) is 64.1 cm³/mol. The van der Waals surface area contributed by atoms with E-state index in [4.69, 9.17) is 4.74 Å². The van der Waals surface area contributed by atoms with E-state index in [0.29, 0.717) is 12.2 Å². The first-order chi connectivity index (χ1) is 6.99. The van der Waals surface area contributed by atoms with Gasteiger partial charge in [0.1, 0.15) is 0 Å². The third-order valence-corrected chi connectivity index (χ3v) is 3.74. The van der Waals surface area contributed by atoms with Crippen molar-refractivity contribution in [2.45, 2.75) is 25.7 Å². The van der Waals surface area contributed by atoms with Crippen molar-refractivity contribution in [2.24, 2.45) is 0 Å². The zero-order valence-electron chi connectivity index (χ0n) is 9.54. The third-order valence-electron chi connectivity index (χ3n) is 2.04. The van der Waals surface area contributed by atoms with E-state index in [1.807, 2.05) is 0 Å². The molecule has 0 heterocycles. The van der Waals surface area contributed by atoms with E-state index in [-0.39, 0.29) is 5.97 Å². The van der Waals surface area contributed by atoms with Crippen LogP contribution < -0.4 is 0 Å². The number of ether oxygens (including phenoxy) is 1. The van der Waals surface area contributed by atoms with Gasteiger partial charge in [-0.3, -0.25) is 0 Å². The molecule has 0 N–H and O–H groups in total. The van der Waals surface area contributed by atoms with Crippen LogP contribution in [0.5, 0.6) is 0 Å². The lowest BCUT2D eigenvalue weighted by Gasteiger charge is -2.15. The van der Waals surface area contributed by atoms with Gasteiger partial charge in [0.05, 0.1) is 6.61 Å². The predicted octanol–water partition coefficient (Wildman–Crippen LogP) is 2.72. The Morgan fingerprint density at radius 3 is 2.67 bits per heavy atom. The summed E-state index contributed by atoms with van der Waals surface area (Å²) < 4.78 is 5.19. The molecule has 2 nitrogen and oxygen atoms in total. The fraction of sp³-hybridized carbons (Fsp3) is 0.417. The van der Waals surface area contributed by atoms with Gasteiger partial charge >= 0.3 is 5.97 Å². The summed E-state index contributed by atoms with van der Waals surface area (Å²) in [5.41, 5.74) is 3.47. The molecule has 1 radical (unpaired) electrons. The summed E-state index contributed by atoms with van der Waals surface area (Å²) >= 11 is 0. The average Bonchev–Trinajstić information content (AvgIpc) is 2.17. The average molecular weight is 221 g/mol. The molecule has 3 heteroatoms. The Hall–Kier alpha value is -1.05. The van der Waals surface area contributed by atoms with E-state index >= 15 is 0 Å². The molecule has 1 rings (SSSR count). The Bertz CT molecular complexity index is 328. The van der Waals surface area contributed by atoms with Crippen LogP contribution in [0.15, 0.2) is 29.5 Å². The molecule has 0 spiro atoms. The molecular weight excluding hydrogens is 204 g/mol. The first-order valence-corrected chi connectivity index (χ1v) is 8.83. The van der Waals surface area contributed by atoms with Gasteiger partial charge in [-0.2, -0.15) is 0 Å². The van der Waals surface area contributed by atoms with Crippen LogP contribution in [0, 0.1) is 6.42 Å². The maximum absolute atomic E-state index is 11.5. The second-order valence-electron chi connectivity index (χ2n) is 4.74. The highest BCUT2D eigenvalue weighted by Gasteiger charge is 2.15. The van der Waals surface area contributed by atoms with E-state index in [9.17, 15) is 4.79 Å². The molecule has 0 aliphatic heterocycles. The van der Waals surface area contributed by atoms with E-state index in [2.05, 4.69) is 25.4 Å². The highest BCUT2D eigenvalue weighted by atomic mass is 28.3. The molecular formula is C12H17O2Si. The summed E-state index contributed by atoms with van der Waals surface area (Å²) in [5.74, 6) is -0.234. The van der Waals surface area contributed by atoms with Crippen molar-refractivity contribution in [3.8, 4) is 0 Å². The largest absolute Gasteiger partial charge is 0.463 e. The number of hydrogen-bond acceptors (Lipinski definition) is 2. The number of allylic oxidation sites excluding steroid dienone is 2. The van der Waals surface area contributed by atoms with E-state index < -0.39 is 8.07 Å². The lowest BCUT2D eigenvalue weighted by Crippen LogP contribution is -2.23. The molecule has 1 aliphatic carbocycles. The number of carbonyl (C=O) groups excluding carboxylic acids is 1. The molecule has 81 valence electrons. The zero-order chi connectivity index (χ0) is 11.3. The summed E-state index contributed by atoms with van der Waals surface area (Å²) in [7, 11) is -1.11. The van der Waals surface area contributed by atoms with Crippen LogP contribution >= 0.6 is 0 Å². The smallest absolute Gasteiger partial charge is 0.334 e. The minimum Gasteiger partial charge on any atom is -0.463 e. The Balaban J connectivity index is 2.31. The minimum atomic E-state index is -1.11. The summed E-state index contributed by atoms with van der Waals surface area (Å²) in [6, 6.07) is 1.01. The third kappa shape index (κ3) is 4.82. The maximum Gasteiger partial charge on any atom is 0.334 e. The Labute approximate surface area is 92.3 Å². The summed E-state index contributed by atoms with van der Waals surface area (Å²) in [4.78, 5) is 11.5. The number of carbonyl (C=O) groups is 1. The van der Waals surface area contributed by atoms with Crippen molar-refractivity contribution >= 4 is 14.0 Å². The maximum atomic E-state index is 11.5. The molecule has 15 heavy (non-hydrogen) atoms. The minimum absolute atomic E-state index is 0.234. The van der Waals surface area contributed by atoms with Gasteiger partial charge in [0.2, 0.25) is 0 Å². The normalized spacial score (nSPS) is 15.0. The van der Waals surface area contributed by atoms with Gasteiger partial charge in [-0.25, -0.2) is 4.79 Å². The van der Waals surface area contributed by atoms with Crippen molar-refractivity contribution in [1.82, 2.24) is 0 Å². The van der Waals surface area contributed by atoms with Crippen LogP contribution in [0.4, 0.5) is 0 Å². The quantitative estimate of drug-likeness (QED) is 0.414. The Morgan fingerprint density at radius 2 is 2.13 bits per heavy atom. The molecule has 0 aromatic heterocycles. The van der Waals surface area contributed by atoms with Gasteiger partial charge in [-0.05, 0) is 24.3 Å². The zero-order valence-corrected chi connectivity index (χ0v) is 10.5. The lowest BCUT2D eigenvalue weighted by atomic mass is 10.1. The molecule has 0 fully saturated rings. The second kappa shape index (κ2) is 5.15. The van der Waals surface area contributed by atoms with Crippen molar-refractivity contribution in [2.75, 3.05) is 6.61 Å². The molecule has 0 saturated carbocycles. The van der Waals surface area contributed by atoms with E-state index in [1.165, 1.54) is 0 Å². The van der Waals surface area contributed by atoms with Crippen LogP contribution in [0.25, 0.3) is 0 Å². The van der Waals surface area contributed by atoms with Gasteiger partial charge in [0, 0.05) is 20.1 Å². The first-order valence-electron chi connectivity index (χ1n) is 5.12. The fourth-order valence-corrected chi connectivity index (χ4v) is 1.77. The molecule has 0 aromatic carbocycles. The van der Waals surface area contributed by atoms with Gasteiger partial charge in [-0.15, -0.1) is 5.73 Å². The van der Waals surface area contributed by atoms with Crippen LogP contribution in [-0.2, 0) is 9.53 Å². The van der Waals surface area contributed by atoms with Crippen molar-refractivity contribution in [1.29, 1.82) is 0 Å². The summed E-state index contributed by atoms with van der Waals surface area (Å²) in [5, 5.41) is 0. The van der Waals surface area contributed by atoms with Crippen LogP contribution in [0.2, 0.25) is 25.7 Å². The van der Waals surface area contributed by atoms with Gasteiger partial charge in [0.25, 0.3) is 0 Å². The highest BCUT2D eigenvalue weighted by molar-refractivity contribution is 6.76. The van der Waals surface area contributed by atoms with Gasteiger partial charge in [0.15, 0.2) is 0 Å². The van der Waals surface area contributed by atoms with Crippen LogP contribution in [0.3, 0.4) is 0 Å². The molecule has 0 amide bonds. The van der Waals surface area contributed by atoms with E-state index in [0.717, 1.165) is 6.04 Å². The number of rotatable bonds is 4. The topological polar surface area (TPSA) is 26.3 Å². The number of esters is 1. The first kappa shape index (κ1) is 12.0. The highest BCUT2D eigenvalue weighted by Crippen LogP contribution is 2.11. The number of hydrogen-bond donors (Lipinski definition) is 0. The lowest BCUT2D eigenvalue weighted by molar-refractivity contribution is -0.138. The summed E-state index contributed by atoms with van der Waals surface area (Å²) in [6.45, 7) is 7.32. The van der Waals surface area contributed by atoms with Gasteiger partial charge < -0.3 is 4.74 Å².